The summed E-state index contributed by atoms with van der Waals surface area (Å²) in [6.45, 7) is 0. The molecule has 0 saturated heterocycles. The molecule has 0 saturated carbocycles. The van der Waals surface area contributed by atoms with Gasteiger partial charge in [0, 0.05) is 22.6 Å². The second-order valence-corrected chi connectivity index (χ2v) is 6.39. The lowest BCUT2D eigenvalue weighted by atomic mass is 10.1. The van der Waals surface area contributed by atoms with E-state index in [4.69, 9.17) is 11.5 Å². The number of carbonyl (C=O) groups is 1. The standard InChI is InChI=1S/C14H14N6OS/c15-8-4-7-6(1-2-9(7)21)3-10(8)22-14-19-11-12(16)17-5-18-13(11)20-14/h3-5,14,19H,1-2,15H2,(H3,16,17,18,20). The van der Waals surface area contributed by atoms with Crippen LogP contribution in [0.3, 0.4) is 0 Å². The molecular weight excluding hydrogens is 300 g/mol. The molecule has 1 aromatic carbocycles. The van der Waals surface area contributed by atoms with Crippen LogP contribution in [0.2, 0.25) is 0 Å². The molecule has 0 bridgehead atoms. The number of nitrogens with one attached hydrogen (secondary N) is 2. The number of hydrogen-bond donors (Lipinski definition) is 4. The third-order valence-electron chi connectivity index (χ3n) is 3.82. The fraction of sp³-hybridized carbons (Fsp3) is 0.214. The van der Waals surface area contributed by atoms with Gasteiger partial charge in [0.15, 0.2) is 22.9 Å². The monoisotopic (exact) mass is 314 g/mol. The fourth-order valence-corrected chi connectivity index (χ4v) is 3.72. The Kier molecular flexibility index (Phi) is 2.86. The van der Waals surface area contributed by atoms with E-state index in [9.17, 15) is 4.79 Å². The lowest BCUT2D eigenvalue weighted by Crippen LogP contribution is -2.18. The van der Waals surface area contributed by atoms with Crippen molar-refractivity contribution in [3.05, 3.63) is 29.6 Å². The van der Waals surface area contributed by atoms with Crippen molar-refractivity contribution in [2.75, 3.05) is 22.1 Å². The Balaban J connectivity index is 1.59. The molecular formula is C14H14N6OS. The number of aromatic nitrogens is 2. The number of carbonyl (C=O) groups excluding carboxylic acids is 1. The Morgan fingerprint density at radius 1 is 1.18 bits per heavy atom. The molecule has 0 amide bonds. The van der Waals surface area contributed by atoms with E-state index in [1.165, 1.54) is 18.1 Å². The number of hydrogen-bond acceptors (Lipinski definition) is 8. The first-order chi connectivity index (χ1) is 10.6. The van der Waals surface area contributed by atoms with Gasteiger partial charge in [0.1, 0.15) is 12.0 Å². The van der Waals surface area contributed by atoms with Crippen LogP contribution < -0.4 is 22.1 Å². The minimum absolute atomic E-state index is 0.133. The summed E-state index contributed by atoms with van der Waals surface area (Å²) in [5.74, 6) is 1.26. The molecule has 0 fully saturated rings. The minimum atomic E-state index is -0.133. The molecule has 22 heavy (non-hydrogen) atoms. The number of anilines is 4. The number of nitrogen functional groups attached to an aromatic ring is 2. The van der Waals surface area contributed by atoms with Crippen LogP contribution in [0, 0.1) is 0 Å². The molecule has 1 unspecified atom stereocenters. The first kappa shape index (κ1) is 13.2. The van der Waals surface area contributed by atoms with E-state index in [1.54, 1.807) is 6.07 Å². The Hall–Kier alpha value is -2.48. The molecule has 7 nitrogen and oxygen atoms in total. The normalized spacial score (nSPS) is 18.5. The third-order valence-corrected chi connectivity index (χ3v) is 4.90. The minimum Gasteiger partial charge on any atom is -0.398 e. The zero-order chi connectivity index (χ0) is 15.3. The zero-order valence-corrected chi connectivity index (χ0v) is 12.4. The van der Waals surface area contributed by atoms with Crippen LogP contribution in [0.1, 0.15) is 22.3 Å². The van der Waals surface area contributed by atoms with Gasteiger partial charge in [0.05, 0.1) is 0 Å². The van der Waals surface area contributed by atoms with E-state index < -0.39 is 0 Å². The first-order valence-electron chi connectivity index (χ1n) is 6.87. The highest BCUT2D eigenvalue weighted by atomic mass is 32.2. The van der Waals surface area contributed by atoms with Crippen LogP contribution in [-0.4, -0.2) is 21.2 Å². The van der Waals surface area contributed by atoms with Gasteiger partial charge >= 0.3 is 0 Å². The van der Waals surface area contributed by atoms with E-state index in [-0.39, 0.29) is 11.3 Å². The molecule has 1 atom stereocenters. The maximum atomic E-state index is 11.7. The summed E-state index contributed by atoms with van der Waals surface area (Å²) in [6, 6.07) is 3.78. The fourth-order valence-electron chi connectivity index (χ4n) is 2.72. The maximum absolute atomic E-state index is 11.7. The molecule has 4 rings (SSSR count). The molecule has 2 heterocycles. The molecule has 1 aromatic heterocycles. The molecule has 2 aromatic rings. The van der Waals surface area contributed by atoms with E-state index in [1.807, 2.05) is 6.07 Å². The molecule has 1 aliphatic heterocycles. The van der Waals surface area contributed by atoms with Gasteiger partial charge in [0.25, 0.3) is 0 Å². The van der Waals surface area contributed by atoms with Crippen molar-refractivity contribution >= 4 is 40.6 Å². The van der Waals surface area contributed by atoms with Gasteiger partial charge in [-0.1, -0.05) is 11.8 Å². The van der Waals surface area contributed by atoms with Crippen molar-refractivity contribution in [1.82, 2.24) is 9.97 Å². The van der Waals surface area contributed by atoms with Gasteiger partial charge in [0.2, 0.25) is 0 Å². The number of nitrogens with two attached hydrogens (primary N) is 2. The van der Waals surface area contributed by atoms with Gasteiger partial charge in [-0.3, -0.25) is 4.79 Å². The van der Waals surface area contributed by atoms with Crippen molar-refractivity contribution in [3.63, 3.8) is 0 Å². The van der Waals surface area contributed by atoms with Crippen LogP contribution in [0.4, 0.5) is 23.0 Å². The summed E-state index contributed by atoms with van der Waals surface area (Å²) in [5.41, 5.74) is 14.9. The van der Waals surface area contributed by atoms with Crippen LogP contribution in [0.25, 0.3) is 0 Å². The zero-order valence-electron chi connectivity index (χ0n) is 11.6. The molecule has 2 aliphatic rings. The first-order valence-corrected chi connectivity index (χ1v) is 7.75. The molecule has 112 valence electrons. The highest BCUT2D eigenvalue weighted by molar-refractivity contribution is 8.00. The highest BCUT2D eigenvalue weighted by Gasteiger charge is 2.26. The average Bonchev–Trinajstić information content (AvgIpc) is 3.05. The lowest BCUT2D eigenvalue weighted by molar-refractivity contribution is 0.0994. The van der Waals surface area contributed by atoms with E-state index >= 15 is 0 Å². The molecule has 1 aliphatic carbocycles. The number of ketones is 1. The number of aryl methyl sites for hydroxylation is 1. The molecule has 6 N–H and O–H groups in total. The second kappa shape index (κ2) is 4.77. The second-order valence-electron chi connectivity index (χ2n) is 5.24. The van der Waals surface area contributed by atoms with Crippen molar-refractivity contribution in [3.8, 4) is 0 Å². The molecule has 8 heteroatoms. The van der Waals surface area contributed by atoms with E-state index in [2.05, 4.69) is 20.6 Å². The Bertz CT molecular complexity index is 793. The Morgan fingerprint density at radius 3 is 2.86 bits per heavy atom. The third kappa shape index (κ3) is 2.03. The summed E-state index contributed by atoms with van der Waals surface area (Å²) in [5, 5.41) is 6.46. The van der Waals surface area contributed by atoms with Crippen molar-refractivity contribution in [2.24, 2.45) is 0 Å². The Morgan fingerprint density at radius 2 is 2.05 bits per heavy atom. The van der Waals surface area contributed by atoms with Crippen LogP contribution >= 0.6 is 11.8 Å². The largest absolute Gasteiger partial charge is 0.398 e. The van der Waals surface area contributed by atoms with Crippen molar-refractivity contribution < 1.29 is 4.79 Å². The number of thioether (sulfide) groups is 1. The van der Waals surface area contributed by atoms with Crippen molar-refractivity contribution in [2.45, 2.75) is 23.2 Å². The van der Waals surface area contributed by atoms with Gasteiger partial charge in [-0.2, -0.15) is 0 Å². The van der Waals surface area contributed by atoms with Crippen LogP contribution in [0.15, 0.2) is 23.4 Å². The topological polar surface area (TPSA) is 119 Å². The predicted molar refractivity (Wildman–Crippen MR) is 86.8 cm³/mol. The summed E-state index contributed by atoms with van der Waals surface area (Å²) < 4.78 is 0. The summed E-state index contributed by atoms with van der Waals surface area (Å²) >= 11 is 1.53. The van der Waals surface area contributed by atoms with Crippen LogP contribution in [-0.2, 0) is 6.42 Å². The summed E-state index contributed by atoms with van der Waals surface area (Å²) in [7, 11) is 0. The summed E-state index contributed by atoms with van der Waals surface area (Å²) in [4.78, 5) is 20.8. The number of nitrogens with zero attached hydrogens (tertiary/aromatic N) is 2. The quantitative estimate of drug-likeness (QED) is 0.618. The lowest BCUT2D eigenvalue weighted by Gasteiger charge is -2.14. The van der Waals surface area contributed by atoms with Gasteiger partial charge in [-0.05, 0) is 24.1 Å². The van der Waals surface area contributed by atoms with Crippen molar-refractivity contribution in [1.29, 1.82) is 0 Å². The highest BCUT2D eigenvalue weighted by Crippen LogP contribution is 2.39. The predicted octanol–water partition coefficient (Wildman–Crippen LogP) is 1.68. The SMILES string of the molecule is Nc1cc2c(cc1SC1Nc3ncnc(N)c3N1)CCC2=O. The maximum Gasteiger partial charge on any atom is 0.163 e. The number of benzene rings is 1. The van der Waals surface area contributed by atoms with Gasteiger partial charge < -0.3 is 22.1 Å². The number of Topliss-reactive ketones (excluding diaryl/α,β-unsaturated/α-hetero) is 1. The van der Waals surface area contributed by atoms with E-state index in [0.29, 0.717) is 29.4 Å². The Labute approximate surface area is 130 Å². The van der Waals surface area contributed by atoms with Gasteiger partial charge in [-0.25, -0.2) is 9.97 Å². The molecule has 0 radical (unpaired) electrons. The van der Waals surface area contributed by atoms with Crippen LogP contribution in [0.5, 0.6) is 0 Å². The van der Waals surface area contributed by atoms with Gasteiger partial charge in [-0.15, -0.1) is 0 Å². The molecule has 0 spiro atoms. The average molecular weight is 314 g/mol. The summed E-state index contributed by atoms with van der Waals surface area (Å²) in [6.07, 6.45) is 2.78. The van der Waals surface area contributed by atoms with E-state index in [0.717, 1.165) is 22.4 Å². The smallest absolute Gasteiger partial charge is 0.163 e. The number of rotatable bonds is 2. The number of fused-ring (bicyclic) bond motifs is 2.